The second-order valence-electron chi connectivity index (χ2n) is 8.92. The van der Waals surface area contributed by atoms with Gasteiger partial charge in [-0.15, -0.1) is 0 Å². The molecule has 2 saturated heterocycles. The number of hydrogen-bond donors (Lipinski definition) is 1. The molecule has 7 nitrogen and oxygen atoms in total. The Hall–Kier alpha value is -2.02. The van der Waals surface area contributed by atoms with Gasteiger partial charge in [0.1, 0.15) is 5.69 Å². The third-order valence-corrected chi connectivity index (χ3v) is 6.57. The summed E-state index contributed by atoms with van der Waals surface area (Å²) in [4.78, 5) is 38.1. The van der Waals surface area contributed by atoms with Gasteiger partial charge in [-0.25, -0.2) is 4.98 Å². The molecule has 0 bridgehead atoms. The minimum Gasteiger partial charge on any atom is -0.349 e. The van der Waals surface area contributed by atoms with E-state index >= 15 is 0 Å². The second-order valence-corrected chi connectivity index (χ2v) is 8.92. The number of rotatable bonds is 7. The van der Waals surface area contributed by atoms with Gasteiger partial charge >= 0.3 is 0 Å². The first-order valence-corrected chi connectivity index (χ1v) is 11.2. The topological polar surface area (TPSA) is 78.4 Å². The molecule has 0 radical (unpaired) electrons. The molecular weight excluding hydrogens is 366 g/mol. The Balaban J connectivity index is 1.33. The van der Waals surface area contributed by atoms with Crippen molar-refractivity contribution in [1.29, 1.82) is 0 Å². The Morgan fingerprint density at radius 1 is 1.03 bits per heavy atom. The van der Waals surface area contributed by atoms with Gasteiger partial charge < -0.3 is 10.2 Å². The zero-order valence-corrected chi connectivity index (χ0v) is 17.5. The third kappa shape index (κ3) is 5.32. The first-order chi connectivity index (χ1) is 14.1. The van der Waals surface area contributed by atoms with Gasteiger partial charge in [0.25, 0.3) is 5.91 Å². The molecule has 29 heavy (non-hydrogen) atoms. The summed E-state index contributed by atoms with van der Waals surface area (Å²) in [7, 11) is 0. The summed E-state index contributed by atoms with van der Waals surface area (Å²) in [6.07, 6.45) is 11.9. The van der Waals surface area contributed by atoms with Crippen LogP contribution in [0.15, 0.2) is 12.4 Å². The van der Waals surface area contributed by atoms with Crippen LogP contribution >= 0.6 is 0 Å². The Morgan fingerprint density at radius 3 is 2.48 bits per heavy atom. The van der Waals surface area contributed by atoms with E-state index in [0.29, 0.717) is 36.7 Å². The average molecular weight is 400 g/mol. The van der Waals surface area contributed by atoms with Crippen LogP contribution < -0.4 is 5.32 Å². The van der Waals surface area contributed by atoms with Crippen LogP contribution in [0.5, 0.6) is 0 Å². The number of nitrogens with zero attached hydrogens (tertiary/aromatic N) is 4. The lowest BCUT2D eigenvalue weighted by atomic mass is 10.1. The molecule has 7 heteroatoms. The summed E-state index contributed by atoms with van der Waals surface area (Å²) in [6.45, 7) is 5.36. The lowest BCUT2D eigenvalue weighted by molar-refractivity contribution is -0.133. The Morgan fingerprint density at radius 2 is 1.79 bits per heavy atom. The third-order valence-electron chi connectivity index (χ3n) is 6.57. The molecule has 1 aliphatic carbocycles. The van der Waals surface area contributed by atoms with Crippen molar-refractivity contribution in [2.75, 3.05) is 26.2 Å². The van der Waals surface area contributed by atoms with E-state index in [9.17, 15) is 9.59 Å². The molecular formula is C22H33N5O2. The normalized spacial score (nSPS) is 25.2. The highest BCUT2D eigenvalue weighted by atomic mass is 16.2. The van der Waals surface area contributed by atoms with Gasteiger partial charge in [-0.05, 0) is 57.8 Å². The fourth-order valence-electron chi connectivity index (χ4n) is 4.63. The summed E-state index contributed by atoms with van der Waals surface area (Å²) < 4.78 is 0. The van der Waals surface area contributed by atoms with E-state index in [4.69, 9.17) is 0 Å². The SMILES string of the molecule is Cc1cnc(C(=O)NC[C@@H]2CC[C@H](CC(=O)N3CCCCC3)N2CC2CC2)cn1. The minimum absolute atomic E-state index is 0.170. The van der Waals surface area contributed by atoms with E-state index < -0.39 is 0 Å². The summed E-state index contributed by atoms with van der Waals surface area (Å²) in [6, 6.07) is 0.614. The van der Waals surface area contributed by atoms with Crippen LogP contribution in [0.25, 0.3) is 0 Å². The van der Waals surface area contributed by atoms with Crippen LogP contribution in [0.1, 0.15) is 67.5 Å². The first-order valence-electron chi connectivity index (χ1n) is 11.2. The highest BCUT2D eigenvalue weighted by Gasteiger charge is 2.38. The molecule has 2 amide bonds. The summed E-state index contributed by atoms with van der Waals surface area (Å²) in [5.41, 5.74) is 1.16. The van der Waals surface area contributed by atoms with Crippen molar-refractivity contribution in [3.63, 3.8) is 0 Å². The number of hydrogen-bond acceptors (Lipinski definition) is 5. The van der Waals surface area contributed by atoms with Crippen molar-refractivity contribution in [3.05, 3.63) is 23.8 Å². The number of carbonyl (C=O) groups is 2. The van der Waals surface area contributed by atoms with Crippen LogP contribution in [0.3, 0.4) is 0 Å². The van der Waals surface area contributed by atoms with Crippen molar-refractivity contribution >= 4 is 11.8 Å². The maximum atomic E-state index is 12.8. The predicted octanol–water partition coefficient (Wildman–Crippen LogP) is 2.16. The van der Waals surface area contributed by atoms with E-state index in [1.165, 1.54) is 25.5 Å². The van der Waals surface area contributed by atoms with Crippen LogP contribution in [0.4, 0.5) is 0 Å². The van der Waals surface area contributed by atoms with Crippen LogP contribution in [-0.2, 0) is 4.79 Å². The van der Waals surface area contributed by atoms with Gasteiger partial charge in [-0.3, -0.25) is 19.5 Å². The molecule has 158 valence electrons. The van der Waals surface area contributed by atoms with E-state index in [2.05, 4.69) is 25.1 Å². The number of carbonyl (C=O) groups excluding carboxylic acids is 2. The smallest absolute Gasteiger partial charge is 0.271 e. The Labute approximate surface area is 173 Å². The van der Waals surface area contributed by atoms with Crippen LogP contribution in [0, 0.1) is 12.8 Å². The molecule has 3 heterocycles. The van der Waals surface area contributed by atoms with E-state index in [1.54, 1.807) is 6.20 Å². The zero-order valence-electron chi connectivity index (χ0n) is 17.5. The van der Waals surface area contributed by atoms with Crippen LogP contribution in [-0.4, -0.2) is 69.8 Å². The molecule has 2 aliphatic heterocycles. The molecule has 1 N–H and O–H groups in total. The molecule has 3 aliphatic rings. The second kappa shape index (κ2) is 9.20. The maximum absolute atomic E-state index is 12.8. The predicted molar refractivity (Wildman–Crippen MR) is 110 cm³/mol. The summed E-state index contributed by atoms with van der Waals surface area (Å²) in [5, 5.41) is 3.04. The lowest BCUT2D eigenvalue weighted by Gasteiger charge is -2.33. The molecule has 4 rings (SSSR count). The Bertz CT molecular complexity index is 712. The number of aryl methyl sites for hydroxylation is 1. The van der Waals surface area contributed by atoms with Crippen molar-refractivity contribution in [2.24, 2.45) is 5.92 Å². The molecule has 0 unspecified atom stereocenters. The number of likely N-dealkylation sites (tertiary alicyclic amines) is 2. The fourth-order valence-corrected chi connectivity index (χ4v) is 4.63. The highest BCUT2D eigenvalue weighted by Crippen LogP contribution is 2.35. The van der Waals surface area contributed by atoms with Gasteiger partial charge in [0.05, 0.1) is 11.9 Å². The van der Waals surface area contributed by atoms with Crippen molar-refractivity contribution in [1.82, 2.24) is 25.1 Å². The lowest BCUT2D eigenvalue weighted by Crippen LogP contribution is -2.46. The number of piperidine rings is 1. The summed E-state index contributed by atoms with van der Waals surface area (Å²) in [5.74, 6) is 0.911. The molecule has 1 aromatic heterocycles. The number of nitrogens with one attached hydrogen (secondary N) is 1. The van der Waals surface area contributed by atoms with Crippen molar-refractivity contribution < 1.29 is 9.59 Å². The number of amides is 2. The van der Waals surface area contributed by atoms with Crippen LogP contribution in [0.2, 0.25) is 0 Å². The molecule has 3 fully saturated rings. The van der Waals surface area contributed by atoms with Gasteiger partial charge in [0.15, 0.2) is 0 Å². The molecule has 1 aromatic rings. The highest BCUT2D eigenvalue weighted by molar-refractivity contribution is 5.91. The van der Waals surface area contributed by atoms with Gasteiger partial charge in [-0.1, -0.05) is 0 Å². The minimum atomic E-state index is -0.170. The molecule has 1 saturated carbocycles. The zero-order chi connectivity index (χ0) is 20.2. The molecule has 0 aromatic carbocycles. The maximum Gasteiger partial charge on any atom is 0.271 e. The monoisotopic (exact) mass is 399 g/mol. The van der Waals surface area contributed by atoms with Gasteiger partial charge in [0, 0.05) is 50.9 Å². The average Bonchev–Trinajstić information content (AvgIpc) is 3.49. The van der Waals surface area contributed by atoms with Crippen molar-refractivity contribution in [3.8, 4) is 0 Å². The van der Waals surface area contributed by atoms with Gasteiger partial charge in [0.2, 0.25) is 5.91 Å². The standard InChI is InChI=1S/C22H33N5O2/c1-16-12-24-20(14-23-16)22(29)25-13-19-8-7-18(27(19)15-17-5-6-17)11-21(28)26-9-3-2-4-10-26/h12,14,17-19H,2-11,13,15H2,1H3,(H,25,29)/t18-,19+/m1/s1. The quantitative estimate of drug-likeness (QED) is 0.760. The number of aromatic nitrogens is 2. The van der Waals surface area contributed by atoms with E-state index in [1.807, 2.05) is 6.92 Å². The van der Waals surface area contributed by atoms with Crippen molar-refractivity contribution in [2.45, 2.75) is 70.4 Å². The van der Waals surface area contributed by atoms with Gasteiger partial charge in [-0.2, -0.15) is 0 Å². The molecule has 2 atom stereocenters. The van der Waals surface area contributed by atoms with E-state index in [-0.39, 0.29) is 5.91 Å². The molecule has 0 spiro atoms. The Kier molecular flexibility index (Phi) is 6.43. The largest absolute Gasteiger partial charge is 0.349 e. The van der Waals surface area contributed by atoms with E-state index in [0.717, 1.165) is 56.9 Å². The fraction of sp³-hybridized carbons (Fsp3) is 0.727. The summed E-state index contributed by atoms with van der Waals surface area (Å²) >= 11 is 0. The first kappa shape index (κ1) is 20.3.